The van der Waals surface area contributed by atoms with Crippen LogP contribution in [0.4, 0.5) is 18.9 Å². The summed E-state index contributed by atoms with van der Waals surface area (Å²) in [6.45, 7) is 5.62. The summed E-state index contributed by atoms with van der Waals surface area (Å²) < 4.78 is 41.2. The topological polar surface area (TPSA) is 77.2 Å². The lowest BCUT2D eigenvalue weighted by Gasteiger charge is -2.38. The molecule has 0 radical (unpaired) electrons. The first-order valence-corrected chi connectivity index (χ1v) is 11.4. The third kappa shape index (κ3) is 5.12. The third-order valence-electron chi connectivity index (χ3n) is 5.97. The molecule has 1 atom stereocenters. The Kier molecular flexibility index (Phi) is 6.99. The molecule has 0 spiro atoms. The van der Waals surface area contributed by atoms with Gasteiger partial charge < -0.3 is 15.1 Å². The number of aromatic nitrogens is 3. The van der Waals surface area contributed by atoms with Crippen molar-refractivity contribution in [3.8, 4) is 0 Å². The van der Waals surface area contributed by atoms with Crippen LogP contribution in [0.25, 0.3) is 11.0 Å². The summed E-state index contributed by atoms with van der Waals surface area (Å²) in [6, 6.07) is 7.38. The maximum Gasteiger partial charge on any atom is 0.419 e. The molecule has 1 aliphatic rings. The van der Waals surface area contributed by atoms with Crippen LogP contribution >= 0.6 is 11.6 Å². The van der Waals surface area contributed by atoms with Gasteiger partial charge in [-0.3, -0.25) is 9.89 Å². The van der Waals surface area contributed by atoms with Crippen LogP contribution in [0.2, 0.25) is 5.02 Å². The van der Waals surface area contributed by atoms with Crippen molar-refractivity contribution in [2.24, 2.45) is 0 Å². The van der Waals surface area contributed by atoms with Crippen LogP contribution < -0.4 is 10.2 Å². The average molecular weight is 495 g/mol. The van der Waals surface area contributed by atoms with Crippen LogP contribution in [-0.4, -0.2) is 64.8 Å². The van der Waals surface area contributed by atoms with E-state index in [4.69, 9.17) is 11.6 Å². The number of amides is 1. The van der Waals surface area contributed by atoms with E-state index in [2.05, 4.69) is 20.5 Å². The number of fused-ring (bicyclic) bond motifs is 1. The molecular formula is C23H26ClF3N6O. The van der Waals surface area contributed by atoms with E-state index in [1.165, 1.54) is 6.20 Å². The van der Waals surface area contributed by atoms with E-state index >= 15 is 0 Å². The van der Waals surface area contributed by atoms with E-state index in [0.717, 1.165) is 11.8 Å². The molecule has 34 heavy (non-hydrogen) atoms. The number of halogens is 4. The molecule has 7 nitrogen and oxygen atoms in total. The van der Waals surface area contributed by atoms with Gasteiger partial charge in [-0.2, -0.15) is 18.3 Å². The lowest BCUT2D eigenvalue weighted by molar-refractivity contribution is -0.137. The van der Waals surface area contributed by atoms with Crippen LogP contribution in [-0.2, 0) is 11.0 Å². The number of alkyl halides is 3. The number of hydrogen-bond donors (Lipinski definition) is 2. The van der Waals surface area contributed by atoms with Gasteiger partial charge >= 0.3 is 6.18 Å². The average Bonchev–Trinajstić information content (AvgIpc) is 3.28. The van der Waals surface area contributed by atoms with Crippen molar-refractivity contribution >= 4 is 34.2 Å². The van der Waals surface area contributed by atoms with E-state index in [-0.39, 0.29) is 30.7 Å². The minimum absolute atomic E-state index is 0.0501. The predicted molar refractivity (Wildman–Crippen MR) is 125 cm³/mol. The Balaban J connectivity index is 1.54. The molecule has 1 fully saturated rings. The molecule has 1 saturated heterocycles. The number of carbonyl (C=O) groups is 1. The van der Waals surface area contributed by atoms with Gasteiger partial charge in [-0.1, -0.05) is 37.6 Å². The van der Waals surface area contributed by atoms with Crippen molar-refractivity contribution in [1.29, 1.82) is 0 Å². The minimum atomic E-state index is -4.55. The number of H-pyrrole nitrogens is 1. The van der Waals surface area contributed by atoms with E-state index in [0.29, 0.717) is 35.7 Å². The molecule has 1 unspecified atom stereocenters. The molecule has 1 amide bonds. The number of hydrogen-bond acceptors (Lipinski definition) is 5. The van der Waals surface area contributed by atoms with E-state index in [1.54, 1.807) is 21.9 Å². The molecule has 3 heterocycles. The van der Waals surface area contributed by atoms with Crippen molar-refractivity contribution in [2.75, 3.05) is 37.6 Å². The summed E-state index contributed by atoms with van der Waals surface area (Å²) in [6.07, 6.45) is -2.36. The van der Waals surface area contributed by atoms with E-state index in [9.17, 15) is 18.0 Å². The highest BCUT2D eigenvalue weighted by molar-refractivity contribution is 6.30. The summed E-state index contributed by atoms with van der Waals surface area (Å²) in [4.78, 5) is 20.7. The molecule has 1 aromatic carbocycles. The highest BCUT2D eigenvalue weighted by Crippen LogP contribution is 2.40. The quantitative estimate of drug-likeness (QED) is 0.540. The fourth-order valence-corrected chi connectivity index (χ4v) is 4.33. The van der Waals surface area contributed by atoms with Gasteiger partial charge in [0.05, 0.1) is 28.8 Å². The minimum Gasteiger partial charge on any atom is -0.367 e. The van der Waals surface area contributed by atoms with Gasteiger partial charge in [0.1, 0.15) is 0 Å². The van der Waals surface area contributed by atoms with Gasteiger partial charge in [-0.15, -0.1) is 0 Å². The predicted octanol–water partition coefficient (Wildman–Crippen LogP) is 4.06. The van der Waals surface area contributed by atoms with Gasteiger partial charge in [0.25, 0.3) is 0 Å². The zero-order valence-corrected chi connectivity index (χ0v) is 19.6. The van der Waals surface area contributed by atoms with Crippen molar-refractivity contribution in [1.82, 2.24) is 25.4 Å². The molecule has 0 aliphatic carbocycles. The number of benzene rings is 1. The Hall–Kier alpha value is -2.85. The Labute approximate surface area is 200 Å². The molecule has 2 aromatic heterocycles. The van der Waals surface area contributed by atoms with E-state index < -0.39 is 17.7 Å². The lowest BCUT2D eigenvalue weighted by Crippen LogP contribution is -2.51. The number of aromatic amines is 1. The Bertz CT molecular complexity index is 1140. The molecule has 11 heteroatoms. The van der Waals surface area contributed by atoms with Gasteiger partial charge in [-0.05, 0) is 17.7 Å². The number of piperazine rings is 1. The molecule has 3 aromatic rings. The smallest absolute Gasteiger partial charge is 0.367 e. The second-order valence-corrected chi connectivity index (χ2v) is 9.07. The van der Waals surface area contributed by atoms with Crippen molar-refractivity contribution in [3.63, 3.8) is 0 Å². The standard InChI is InChI=1S/C23H26ClF3N6O/c1-14(2)28-11-17(15-3-5-16(24)6-4-15)22(34)33-9-7-32(8-10-33)20-18-12-30-31-21(18)29-13-19(20)23(25,26)27/h3-6,12-14,17,28H,7-11H2,1-2H3,(H,29,30,31). The first-order chi connectivity index (χ1) is 16.1. The second-order valence-electron chi connectivity index (χ2n) is 8.63. The van der Waals surface area contributed by atoms with Crippen molar-refractivity contribution < 1.29 is 18.0 Å². The summed E-state index contributed by atoms with van der Waals surface area (Å²) >= 11 is 6.02. The molecule has 2 N–H and O–H groups in total. The number of anilines is 1. The summed E-state index contributed by atoms with van der Waals surface area (Å²) in [5, 5.41) is 10.7. The van der Waals surface area contributed by atoms with E-state index in [1.807, 2.05) is 26.0 Å². The largest absolute Gasteiger partial charge is 0.419 e. The Morgan fingerprint density at radius 1 is 1.15 bits per heavy atom. The summed E-state index contributed by atoms with van der Waals surface area (Å²) in [5.41, 5.74) is 0.387. The van der Waals surface area contributed by atoms with Crippen LogP contribution in [0.5, 0.6) is 0 Å². The zero-order valence-electron chi connectivity index (χ0n) is 18.9. The summed E-state index contributed by atoms with van der Waals surface area (Å²) in [7, 11) is 0. The van der Waals surface area contributed by atoms with Gasteiger partial charge in [0.2, 0.25) is 5.91 Å². The van der Waals surface area contributed by atoms with Crippen LogP contribution in [0.3, 0.4) is 0 Å². The Morgan fingerprint density at radius 3 is 2.44 bits per heavy atom. The van der Waals surface area contributed by atoms with Gasteiger partial charge in [-0.25, -0.2) is 4.98 Å². The molecule has 0 saturated carbocycles. The number of carbonyl (C=O) groups excluding carboxylic acids is 1. The first kappa shape index (κ1) is 24.3. The zero-order chi connectivity index (χ0) is 24.5. The van der Waals surface area contributed by atoms with Gasteiger partial charge in [0.15, 0.2) is 5.65 Å². The van der Waals surface area contributed by atoms with Crippen molar-refractivity contribution in [2.45, 2.75) is 32.0 Å². The van der Waals surface area contributed by atoms with Crippen LogP contribution in [0.1, 0.15) is 30.9 Å². The number of nitrogens with zero attached hydrogens (tertiary/aromatic N) is 4. The second kappa shape index (κ2) is 9.79. The lowest BCUT2D eigenvalue weighted by atomic mass is 9.96. The van der Waals surface area contributed by atoms with Crippen LogP contribution in [0, 0.1) is 0 Å². The Morgan fingerprint density at radius 2 is 1.82 bits per heavy atom. The molecule has 0 bridgehead atoms. The monoisotopic (exact) mass is 494 g/mol. The van der Waals surface area contributed by atoms with Crippen LogP contribution in [0.15, 0.2) is 36.7 Å². The molecule has 182 valence electrons. The highest BCUT2D eigenvalue weighted by atomic mass is 35.5. The maximum atomic E-state index is 13.7. The number of pyridine rings is 1. The first-order valence-electron chi connectivity index (χ1n) is 11.1. The highest BCUT2D eigenvalue weighted by Gasteiger charge is 2.38. The summed E-state index contributed by atoms with van der Waals surface area (Å²) in [5.74, 6) is -0.479. The van der Waals surface area contributed by atoms with Crippen molar-refractivity contribution in [3.05, 3.63) is 52.8 Å². The SMILES string of the molecule is CC(C)NCC(C(=O)N1CCN(c2c(C(F)(F)F)cnc3[nH]ncc23)CC1)c1ccc(Cl)cc1. The third-order valence-corrected chi connectivity index (χ3v) is 6.22. The maximum absolute atomic E-state index is 13.7. The number of rotatable bonds is 6. The number of nitrogens with one attached hydrogen (secondary N) is 2. The normalized spacial score (nSPS) is 15.9. The van der Waals surface area contributed by atoms with Gasteiger partial charge in [0, 0.05) is 50.0 Å². The molecule has 4 rings (SSSR count). The fraction of sp³-hybridized carbons (Fsp3) is 0.435. The molecular weight excluding hydrogens is 469 g/mol. The molecule has 1 aliphatic heterocycles. The fourth-order valence-electron chi connectivity index (χ4n) is 4.20.